The van der Waals surface area contributed by atoms with Gasteiger partial charge in [-0.15, -0.1) is 11.3 Å². The van der Waals surface area contributed by atoms with Crippen LogP contribution in [0.25, 0.3) is 15.9 Å². The third kappa shape index (κ3) is 4.39. The van der Waals surface area contributed by atoms with Crippen molar-refractivity contribution in [3.8, 4) is 5.69 Å². The molecule has 11 heteroatoms. The maximum Gasteiger partial charge on any atom is 0.348 e. The lowest BCUT2D eigenvalue weighted by atomic mass is 10.2. The van der Waals surface area contributed by atoms with Gasteiger partial charge in [-0.3, -0.25) is 4.79 Å². The summed E-state index contributed by atoms with van der Waals surface area (Å²) in [5.74, 6) is -0.985. The average Bonchev–Trinajstić information content (AvgIpc) is 3.42. The van der Waals surface area contributed by atoms with Crippen molar-refractivity contribution in [2.24, 2.45) is 0 Å². The Morgan fingerprint density at radius 2 is 2.09 bits per heavy atom. The molecule has 0 saturated carbocycles. The van der Waals surface area contributed by atoms with Gasteiger partial charge in [0.25, 0.3) is 5.91 Å². The Labute approximate surface area is 194 Å². The molecule has 8 nitrogen and oxygen atoms in total. The number of halogens is 1. The van der Waals surface area contributed by atoms with Crippen LogP contribution >= 0.6 is 22.9 Å². The van der Waals surface area contributed by atoms with E-state index < -0.39 is 28.3 Å². The van der Waals surface area contributed by atoms with E-state index in [9.17, 15) is 18.0 Å². The quantitative estimate of drug-likeness (QED) is 0.487. The Hall–Kier alpha value is -2.43. The first-order valence-electron chi connectivity index (χ1n) is 10.1. The van der Waals surface area contributed by atoms with E-state index in [2.05, 4.69) is 5.10 Å². The van der Waals surface area contributed by atoms with E-state index in [1.54, 1.807) is 23.7 Å². The zero-order chi connectivity index (χ0) is 23.0. The number of para-hydroxylation sites is 1. The van der Waals surface area contributed by atoms with E-state index in [-0.39, 0.29) is 17.5 Å². The lowest BCUT2D eigenvalue weighted by Gasteiger charge is -2.26. The highest BCUT2D eigenvalue weighted by Gasteiger charge is 2.34. The molecule has 0 aliphatic carbocycles. The van der Waals surface area contributed by atoms with Crippen molar-refractivity contribution in [3.63, 3.8) is 0 Å². The number of nitrogens with zero attached hydrogens (tertiary/aromatic N) is 3. The lowest BCUT2D eigenvalue weighted by molar-refractivity contribution is -0.136. The molecule has 1 amide bonds. The molecule has 1 saturated heterocycles. The highest BCUT2D eigenvalue weighted by molar-refractivity contribution is 7.91. The Morgan fingerprint density at radius 1 is 1.34 bits per heavy atom. The predicted octanol–water partition coefficient (Wildman–Crippen LogP) is 3.24. The summed E-state index contributed by atoms with van der Waals surface area (Å²) >= 11 is 7.52. The summed E-state index contributed by atoms with van der Waals surface area (Å²) in [6.45, 7) is 3.54. The summed E-state index contributed by atoms with van der Waals surface area (Å²) in [4.78, 5) is 27.8. The maximum atomic E-state index is 12.6. The van der Waals surface area contributed by atoms with Crippen LogP contribution in [0.3, 0.4) is 0 Å². The molecule has 1 aliphatic heterocycles. The number of hydrogen-bond donors (Lipinski definition) is 0. The number of carbonyl (C=O) groups is 2. The molecule has 32 heavy (non-hydrogen) atoms. The van der Waals surface area contributed by atoms with Crippen LogP contribution in [-0.2, 0) is 19.4 Å². The number of ether oxygens (including phenoxy) is 1. The van der Waals surface area contributed by atoms with Gasteiger partial charge in [-0.05, 0) is 38.5 Å². The smallest absolute Gasteiger partial charge is 0.348 e. The standard InChI is InChI=1S/C21H22ClN3O5S2/c1-3-24(14-8-9-32(28,29)12-14)19(26)11-30-21(27)18-10-15-13(2)23-25(20(15)31-18)17-7-5-4-6-16(17)22/h4-7,10,14H,3,8-9,11-12H2,1-2H3. The third-order valence-electron chi connectivity index (χ3n) is 5.46. The van der Waals surface area contributed by atoms with Gasteiger partial charge in [0.05, 0.1) is 27.9 Å². The first kappa shape index (κ1) is 22.8. The average molecular weight is 496 g/mol. The zero-order valence-electron chi connectivity index (χ0n) is 17.6. The second-order valence-corrected chi connectivity index (χ2v) is 11.3. The van der Waals surface area contributed by atoms with E-state index >= 15 is 0 Å². The molecule has 0 N–H and O–H groups in total. The minimum Gasteiger partial charge on any atom is -0.451 e. The topological polar surface area (TPSA) is 98.6 Å². The molecular weight excluding hydrogens is 474 g/mol. The molecule has 1 unspecified atom stereocenters. The van der Waals surface area contributed by atoms with Crippen molar-refractivity contribution >= 4 is 54.9 Å². The molecule has 3 heterocycles. The first-order valence-corrected chi connectivity index (χ1v) is 13.1. The summed E-state index contributed by atoms with van der Waals surface area (Å²) < 4.78 is 30.4. The van der Waals surface area contributed by atoms with Crippen molar-refractivity contribution in [2.75, 3.05) is 24.7 Å². The van der Waals surface area contributed by atoms with E-state index in [0.29, 0.717) is 28.6 Å². The van der Waals surface area contributed by atoms with Crippen LogP contribution in [0.15, 0.2) is 30.3 Å². The number of sulfone groups is 1. The fraction of sp³-hybridized carbons (Fsp3) is 0.381. The number of thiophene rings is 1. The molecule has 1 fully saturated rings. The molecular formula is C21H22ClN3O5S2. The number of amides is 1. The number of carbonyl (C=O) groups excluding carboxylic acids is 2. The van der Waals surface area contributed by atoms with Gasteiger partial charge < -0.3 is 9.64 Å². The fourth-order valence-electron chi connectivity index (χ4n) is 3.88. The Kier molecular flexibility index (Phi) is 6.28. The fourth-order valence-corrected chi connectivity index (χ4v) is 6.89. The molecule has 1 aromatic carbocycles. The van der Waals surface area contributed by atoms with Crippen LogP contribution in [0.4, 0.5) is 0 Å². The number of aromatic nitrogens is 2. The molecule has 1 aliphatic rings. The van der Waals surface area contributed by atoms with Crippen molar-refractivity contribution in [3.05, 3.63) is 45.9 Å². The van der Waals surface area contributed by atoms with Crippen molar-refractivity contribution < 1.29 is 22.7 Å². The lowest BCUT2D eigenvalue weighted by Crippen LogP contribution is -2.43. The second kappa shape index (κ2) is 8.84. The summed E-state index contributed by atoms with van der Waals surface area (Å²) in [5.41, 5.74) is 1.44. The Morgan fingerprint density at radius 3 is 2.75 bits per heavy atom. The Bertz CT molecular complexity index is 1300. The van der Waals surface area contributed by atoms with Crippen molar-refractivity contribution in [1.29, 1.82) is 0 Å². The normalized spacial score (nSPS) is 17.5. The van der Waals surface area contributed by atoms with E-state index in [1.807, 2.05) is 25.1 Å². The molecule has 1 atom stereocenters. The molecule has 0 bridgehead atoms. The van der Waals surface area contributed by atoms with Crippen LogP contribution < -0.4 is 0 Å². The zero-order valence-corrected chi connectivity index (χ0v) is 20.0. The number of benzene rings is 1. The van der Waals surface area contributed by atoms with Gasteiger partial charge >= 0.3 is 5.97 Å². The van der Waals surface area contributed by atoms with Gasteiger partial charge in [0, 0.05) is 18.0 Å². The highest BCUT2D eigenvalue weighted by Crippen LogP contribution is 2.32. The summed E-state index contributed by atoms with van der Waals surface area (Å²) in [5, 5.41) is 5.87. The Balaban J connectivity index is 1.49. The predicted molar refractivity (Wildman–Crippen MR) is 123 cm³/mol. The maximum absolute atomic E-state index is 12.6. The molecule has 0 radical (unpaired) electrons. The number of fused-ring (bicyclic) bond motifs is 1. The van der Waals surface area contributed by atoms with Crippen LogP contribution in [0.2, 0.25) is 5.02 Å². The third-order valence-corrected chi connectivity index (χ3v) is 8.62. The summed E-state index contributed by atoms with van der Waals surface area (Å²) in [6, 6.07) is 8.62. The largest absolute Gasteiger partial charge is 0.451 e. The van der Waals surface area contributed by atoms with Crippen LogP contribution in [-0.4, -0.2) is 65.7 Å². The summed E-state index contributed by atoms with van der Waals surface area (Å²) in [7, 11) is -3.12. The number of hydrogen-bond acceptors (Lipinski definition) is 7. The van der Waals surface area contributed by atoms with E-state index in [4.69, 9.17) is 16.3 Å². The minimum atomic E-state index is -3.12. The van der Waals surface area contributed by atoms with E-state index in [0.717, 1.165) is 15.9 Å². The number of aryl methyl sites for hydroxylation is 1. The van der Waals surface area contributed by atoms with Crippen LogP contribution in [0.5, 0.6) is 0 Å². The van der Waals surface area contributed by atoms with Crippen LogP contribution in [0.1, 0.15) is 28.7 Å². The van der Waals surface area contributed by atoms with Gasteiger partial charge in [-0.2, -0.15) is 5.10 Å². The minimum absolute atomic E-state index is 0.0470. The molecule has 170 valence electrons. The SMILES string of the molecule is CCN(C(=O)COC(=O)c1cc2c(C)nn(-c3ccccc3Cl)c2s1)C1CCS(=O)(=O)C1. The monoisotopic (exact) mass is 495 g/mol. The van der Waals surface area contributed by atoms with Crippen molar-refractivity contribution in [1.82, 2.24) is 14.7 Å². The molecule has 0 spiro atoms. The van der Waals surface area contributed by atoms with E-state index in [1.165, 1.54) is 16.2 Å². The van der Waals surface area contributed by atoms with Gasteiger partial charge in [0.2, 0.25) is 0 Å². The first-order chi connectivity index (χ1) is 15.2. The molecule has 3 aromatic rings. The van der Waals surface area contributed by atoms with Gasteiger partial charge in [0.1, 0.15) is 9.71 Å². The molecule has 2 aromatic heterocycles. The van der Waals surface area contributed by atoms with Gasteiger partial charge in [-0.25, -0.2) is 17.9 Å². The summed E-state index contributed by atoms with van der Waals surface area (Å²) in [6.07, 6.45) is 0.407. The number of rotatable bonds is 6. The van der Waals surface area contributed by atoms with Crippen molar-refractivity contribution in [2.45, 2.75) is 26.3 Å². The van der Waals surface area contributed by atoms with Gasteiger partial charge in [-0.1, -0.05) is 23.7 Å². The second-order valence-electron chi connectivity index (χ2n) is 7.59. The van der Waals surface area contributed by atoms with Crippen LogP contribution in [0, 0.1) is 6.92 Å². The number of esters is 1. The number of likely N-dealkylation sites (N-methyl/N-ethyl adjacent to an activating group) is 1. The highest BCUT2D eigenvalue weighted by atomic mass is 35.5. The van der Waals surface area contributed by atoms with Gasteiger partial charge in [0.15, 0.2) is 16.4 Å². The molecule has 4 rings (SSSR count).